The smallest absolute Gasteiger partial charge is 0.306 e. The van der Waals surface area contributed by atoms with Gasteiger partial charge in [0.2, 0.25) is 12.6 Å². The molecule has 1 heterocycles. The standard InChI is InChI=1S/C12H18O13/c13-2-22-10(21)9(4(15)1-5(16)17)24-12-8(20)6(18)7(19)11(25-12)23-3-14/h2-4,6-12,15,18-21H,1H2,(H,16,17). The highest BCUT2D eigenvalue weighted by molar-refractivity contribution is 5.67. The second kappa shape index (κ2) is 9.57. The summed E-state index contributed by atoms with van der Waals surface area (Å²) in [6.07, 6.45) is -16.3. The normalized spacial score (nSPS) is 32.9. The Morgan fingerprint density at radius 3 is 2.16 bits per heavy atom. The first kappa shape index (κ1) is 21.2. The van der Waals surface area contributed by atoms with E-state index in [1.165, 1.54) is 0 Å². The molecule has 0 aromatic carbocycles. The molecule has 0 aromatic rings. The van der Waals surface area contributed by atoms with E-state index in [1.807, 2.05) is 0 Å². The Labute approximate surface area is 139 Å². The quantitative estimate of drug-likeness (QED) is 0.159. The van der Waals surface area contributed by atoms with Crippen LogP contribution in [-0.4, -0.2) is 98.9 Å². The van der Waals surface area contributed by atoms with Crippen molar-refractivity contribution in [3.05, 3.63) is 0 Å². The highest BCUT2D eigenvalue weighted by Crippen LogP contribution is 2.25. The third kappa shape index (κ3) is 5.57. The predicted octanol–water partition coefficient (Wildman–Crippen LogP) is -4.36. The van der Waals surface area contributed by atoms with Crippen LogP contribution in [0.25, 0.3) is 0 Å². The number of carbonyl (C=O) groups is 3. The number of carboxylic acids is 1. The van der Waals surface area contributed by atoms with Crippen molar-refractivity contribution in [3.63, 3.8) is 0 Å². The van der Waals surface area contributed by atoms with Crippen LogP contribution in [0.3, 0.4) is 0 Å². The van der Waals surface area contributed by atoms with Gasteiger partial charge in [-0.05, 0) is 0 Å². The number of aliphatic hydroxyl groups is 5. The van der Waals surface area contributed by atoms with E-state index < -0.39 is 61.8 Å². The second-order valence-corrected chi connectivity index (χ2v) is 4.97. The van der Waals surface area contributed by atoms with Crippen LogP contribution in [0.4, 0.5) is 0 Å². The van der Waals surface area contributed by atoms with Gasteiger partial charge in [0, 0.05) is 0 Å². The van der Waals surface area contributed by atoms with E-state index in [4.69, 9.17) is 14.6 Å². The van der Waals surface area contributed by atoms with Crippen molar-refractivity contribution in [2.75, 3.05) is 0 Å². The SMILES string of the molecule is O=COC(O)C(OC1OC(OC=O)C(O)C(O)C1O)C(O)CC(=O)O. The molecule has 13 nitrogen and oxygen atoms in total. The molecular formula is C12H18O13. The average molecular weight is 370 g/mol. The van der Waals surface area contributed by atoms with Crippen molar-refractivity contribution in [3.8, 4) is 0 Å². The maximum Gasteiger partial charge on any atom is 0.306 e. The zero-order valence-electron chi connectivity index (χ0n) is 12.5. The maximum absolute atomic E-state index is 10.7. The van der Waals surface area contributed by atoms with Gasteiger partial charge in [-0.1, -0.05) is 0 Å². The zero-order chi connectivity index (χ0) is 19.1. The molecule has 0 radical (unpaired) electrons. The van der Waals surface area contributed by atoms with Crippen molar-refractivity contribution >= 4 is 18.9 Å². The molecule has 1 fully saturated rings. The van der Waals surface area contributed by atoms with Gasteiger partial charge in [-0.25, -0.2) is 0 Å². The molecular weight excluding hydrogens is 352 g/mol. The van der Waals surface area contributed by atoms with Crippen LogP contribution < -0.4 is 0 Å². The highest BCUT2D eigenvalue weighted by Gasteiger charge is 2.48. The van der Waals surface area contributed by atoms with E-state index in [2.05, 4.69) is 9.47 Å². The largest absolute Gasteiger partial charge is 0.481 e. The first-order valence-electron chi connectivity index (χ1n) is 6.84. The van der Waals surface area contributed by atoms with Gasteiger partial charge in [0.05, 0.1) is 12.5 Å². The van der Waals surface area contributed by atoms with E-state index in [1.54, 1.807) is 0 Å². The molecule has 1 aliphatic rings. The van der Waals surface area contributed by atoms with Crippen molar-refractivity contribution in [2.45, 2.75) is 55.8 Å². The number of ether oxygens (including phenoxy) is 4. The lowest BCUT2D eigenvalue weighted by Crippen LogP contribution is -2.60. The zero-order valence-corrected chi connectivity index (χ0v) is 12.5. The Balaban J connectivity index is 2.93. The third-order valence-electron chi connectivity index (χ3n) is 3.25. The summed E-state index contributed by atoms with van der Waals surface area (Å²) in [6, 6.07) is 0. The fourth-order valence-electron chi connectivity index (χ4n) is 2.03. The fourth-order valence-corrected chi connectivity index (χ4v) is 2.03. The summed E-state index contributed by atoms with van der Waals surface area (Å²) in [5.74, 6) is -1.48. The highest BCUT2D eigenvalue weighted by atomic mass is 16.8. The molecule has 0 bridgehead atoms. The molecule has 0 aliphatic carbocycles. The molecule has 1 saturated heterocycles. The number of carbonyl (C=O) groups excluding carboxylic acids is 2. The van der Waals surface area contributed by atoms with Crippen LogP contribution in [0.5, 0.6) is 0 Å². The number of aliphatic carboxylic acids is 1. The van der Waals surface area contributed by atoms with Gasteiger partial charge in [0.1, 0.15) is 24.4 Å². The van der Waals surface area contributed by atoms with Crippen LogP contribution in [0, 0.1) is 0 Å². The summed E-state index contributed by atoms with van der Waals surface area (Å²) in [4.78, 5) is 31.3. The van der Waals surface area contributed by atoms with Gasteiger partial charge in [0.15, 0.2) is 6.29 Å². The van der Waals surface area contributed by atoms with Gasteiger partial charge in [-0.3, -0.25) is 14.4 Å². The van der Waals surface area contributed by atoms with E-state index in [0.717, 1.165) is 0 Å². The van der Waals surface area contributed by atoms with Gasteiger partial charge in [0.25, 0.3) is 12.9 Å². The molecule has 144 valence electrons. The molecule has 8 unspecified atom stereocenters. The van der Waals surface area contributed by atoms with E-state index >= 15 is 0 Å². The topological polar surface area (TPSA) is 210 Å². The van der Waals surface area contributed by atoms with Gasteiger partial charge in [-0.2, -0.15) is 0 Å². The molecule has 0 amide bonds. The summed E-state index contributed by atoms with van der Waals surface area (Å²) in [6.45, 7) is -0.319. The monoisotopic (exact) mass is 370 g/mol. The molecule has 13 heteroatoms. The molecule has 1 rings (SSSR count). The Kier molecular flexibility index (Phi) is 8.11. The lowest BCUT2D eigenvalue weighted by molar-refractivity contribution is -0.362. The molecule has 0 aromatic heterocycles. The minimum absolute atomic E-state index is 0.115. The van der Waals surface area contributed by atoms with Crippen LogP contribution in [-0.2, 0) is 33.3 Å². The first-order chi connectivity index (χ1) is 11.7. The number of hydrogen-bond donors (Lipinski definition) is 6. The molecule has 0 saturated carbocycles. The summed E-state index contributed by atoms with van der Waals surface area (Å²) < 4.78 is 18.4. The Morgan fingerprint density at radius 2 is 1.64 bits per heavy atom. The molecule has 8 atom stereocenters. The molecule has 6 N–H and O–H groups in total. The van der Waals surface area contributed by atoms with Crippen molar-refractivity contribution in [2.24, 2.45) is 0 Å². The summed E-state index contributed by atoms with van der Waals surface area (Å²) in [5, 5.41) is 57.2. The summed E-state index contributed by atoms with van der Waals surface area (Å²) >= 11 is 0. The fraction of sp³-hybridized carbons (Fsp3) is 0.750. The third-order valence-corrected chi connectivity index (χ3v) is 3.25. The number of carboxylic acid groups (broad SMARTS) is 1. The van der Waals surface area contributed by atoms with Crippen molar-refractivity contribution < 1.29 is 64.0 Å². The Morgan fingerprint density at radius 1 is 1.04 bits per heavy atom. The number of rotatable bonds is 10. The molecule has 1 aliphatic heterocycles. The lowest BCUT2D eigenvalue weighted by atomic mass is 10.0. The minimum atomic E-state index is -2.16. The minimum Gasteiger partial charge on any atom is -0.481 e. The first-order valence-corrected chi connectivity index (χ1v) is 6.84. The maximum atomic E-state index is 10.7. The van der Waals surface area contributed by atoms with Gasteiger partial charge in [-0.15, -0.1) is 0 Å². The van der Waals surface area contributed by atoms with Crippen LogP contribution in [0.1, 0.15) is 6.42 Å². The second-order valence-electron chi connectivity index (χ2n) is 4.97. The summed E-state index contributed by atoms with van der Waals surface area (Å²) in [7, 11) is 0. The van der Waals surface area contributed by atoms with Crippen LogP contribution in [0.2, 0.25) is 0 Å². The number of aliphatic hydroxyl groups excluding tert-OH is 5. The van der Waals surface area contributed by atoms with Crippen molar-refractivity contribution in [1.29, 1.82) is 0 Å². The molecule has 25 heavy (non-hydrogen) atoms. The lowest BCUT2D eigenvalue weighted by Gasteiger charge is -2.40. The average Bonchev–Trinajstić information content (AvgIpc) is 2.53. The van der Waals surface area contributed by atoms with E-state index in [0.29, 0.717) is 0 Å². The Hall–Kier alpha value is -1.87. The Bertz CT molecular complexity index is 456. The van der Waals surface area contributed by atoms with Gasteiger partial charge >= 0.3 is 5.97 Å². The van der Waals surface area contributed by atoms with Crippen LogP contribution >= 0.6 is 0 Å². The molecule has 0 spiro atoms. The predicted molar refractivity (Wildman–Crippen MR) is 70.1 cm³/mol. The summed E-state index contributed by atoms with van der Waals surface area (Å²) in [5.41, 5.74) is 0. The van der Waals surface area contributed by atoms with E-state index in [-0.39, 0.29) is 12.9 Å². The van der Waals surface area contributed by atoms with Crippen molar-refractivity contribution in [1.82, 2.24) is 0 Å². The van der Waals surface area contributed by atoms with E-state index in [9.17, 15) is 39.9 Å². The van der Waals surface area contributed by atoms with Gasteiger partial charge < -0.3 is 49.6 Å². The number of hydrogen-bond acceptors (Lipinski definition) is 12. The van der Waals surface area contributed by atoms with Crippen LogP contribution in [0.15, 0.2) is 0 Å².